The molecule has 1 amide bonds. The van der Waals surface area contributed by atoms with Gasteiger partial charge in [0.15, 0.2) is 11.6 Å². The van der Waals surface area contributed by atoms with Gasteiger partial charge in [-0.1, -0.05) is 0 Å². The fourth-order valence-corrected chi connectivity index (χ4v) is 7.25. The van der Waals surface area contributed by atoms with Crippen LogP contribution in [0.2, 0.25) is 0 Å². The molecule has 1 saturated carbocycles. The van der Waals surface area contributed by atoms with Gasteiger partial charge < -0.3 is 14.2 Å². The third-order valence-electron chi connectivity index (χ3n) is 8.55. The van der Waals surface area contributed by atoms with Crippen molar-refractivity contribution in [2.45, 2.75) is 65.0 Å². The lowest BCUT2D eigenvalue weighted by atomic mass is 9.94. The van der Waals surface area contributed by atoms with Crippen LogP contribution in [0.5, 0.6) is 6.01 Å². The number of rotatable bonds is 7. The molecule has 5 heterocycles. The van der Waals surface area contributed by atoms with Gasteiger partial charge in [-0.05, 0) is 51.2 Å². The number of hydrogen-bond acceptors (Lipinski definition) is 10. The van der Waals surface area contributed by atoms with E-state index in [0.717, 1.165) is 43.5 Å². The van der Waals surface area contributed by atoms with Gasteiger partial charge in [0.1, 0.15) is 28.4 Å². The number of likely N-dealkylation sites (tertiary alicyclic amines) is 1. The zero-order chi connectivity index (χ0) is 32.4. The summed E-state index contributed by atoms with van der Waals surface area (Å²) in [6.07, 6.45) is 3.28. The molecule has 2 fully saturated rings. The van der Waals surface area contributed by atoms with Crippen molar-refractivity contribution in [2.75, 3.05) is 31.6 Å². The summed E-state index contributed by atoms with van der Waals surface area (Å²) < 4.78 is 62.6. The third-order valence-corrected chi connectivity index (χ3v) is 9.66. The second kappa shape index (κ2) is 11.3. The van der Waals surface area contributed by atoms with Gasteiger partial charge in [0.25, 0.3) is 0 Å². The standard InChI is InChI=1S/C32H31F3N6O4S/c1-31(2,3)45-30(42)40-28-17(8-36)23-26(37-10-21(34)27(23)46-28)22-20-13-43-12-19(20)18-9-38-29(39-25(18)24(22)35)44-15-32(5-6-32)14-41-7-4-16(33)11-41/h9-10,16H,4-7,11-15H2,1-3H3,(H,40,42)/t16-/m1/s1. The maximum atomic E-state index is 16.7. The van der Waals surface area contributed by atoms with E-state index in [2.05, 4.69) is 25.2 Å². The van der Waals surface area contributed by atoms with Crippen LogP contribution in [0.15, 0.2) is 12.4 Å². The number of hydrogen-bond donors (Lipinski definition) is 1. The summed E-state index contributed by atoms with van der Waals surface area (Å²) in [7, 11) is 0. The SMILES string of the molecule is CC(C)(C)OC(=O)Nc1sc2c(F)cnc(-c3c4c(c5cnc(OCC6(CN7CC[C@@H](F)C7)CC6)nc5c3F)COC4)c2c1C#N. The molecule has 4 aromatic rings. The smallest absolute Gasteiger partial charge is 0.412 e. The van der Waals surface area contributed by atoms with Crippen molar-refractivity contribution in [3.05, 3.63) is 40.7 Å². The quantitative estimate of drug-likeness (QED) is 0.234. The van der Waals surface area contributed by atoms with E-state index in [4.69, 9.17) is 14.2 Å². The number of nitrogens with zero attached hydrogens (tertiary/aromatic N) is 5. The first-order chi connectivity index (χ1) is 21.9. The van der Waals surface area contributed by atoms with Crippen LogP contribution in [0.1, 0.15) is 56.7 Å². The number of thiophene rings is 1. The second-order valence-electron chi connectivity index (χ2n) is 13.2. The van der Waals surface area contributed by atoms with Crippen LogP contribution in [-0.4, -0.2) is 64.0 Å². The van der Waals surface area contributed by atoms with E-state index in [1.165, 1.54) is 6.20 Å². The van der Waals surface area contributed by atoms with Crippen LogP contribution < -0.4 is 10.1 Å². The summed E-state index contributed by atoms with van der Waals surface area (Å²) in [6.45, 7) is 7.49. The molecule has 3 aromatic heterocycles. The molecule has 0 bridgehead atoms. The molecule has 1 N–H and O–H groups in total. The molecule has 3 aliphatic rings. The highest BCUT2D eigenvalue weighted by Gasteiger charge is 2.46. The van der Waals surface area contributed by atoms with Crippen molar-refractivity contribution in [2.24, 2.45) is 5.41 Å². The first-order valence-electron chi connectivity index (χ1n) is 15.0. The monoisotopic (exact) mass is 652 g/mol. The molecule has 240 valence electrons. The van der Waals surface area contributed by atoms with E-state index < -0.39 is 29.5 Å². The van der Waals surface area contributed by atoms with E-state index in [0.29, 0.717) is 36.1 Å². The summed E-state index contributed by atoms with van der Waals surface area (Å²) in [5, 5.41) is 13.3. The number of carbonyl (C=O) groups excluding carboxylic acids is 1. The highest BCUT2D eigenvalue weighted by atomic mass is 32.1. The molecule has 7 rings (SSSR count). The van der Waals surface area contributed by atoms with E-state index in [-0.39, 0.29) is 62.1 Å². The predicted octanol–water partition coefficient (Wildman–Crippen LogP) is 6.64. The van der Waals surface area contributed by atoms with E-state index in [9.17, 15) is 14.4 Å². The number of nitriles is 1. The van der Waals surface area contributed by atoms with Crippen molar-refractivity contribution in [3.63, 3.8) is 0 Å². The Morgan fingerprint density at radius 1 is 1.24 bits per heavy atom. The van der Waals surface area contributed by atoms with Crippen molar-refractivity contribution < 1.29 is 32.2 Å². The van der Waals surface area contributed by atoms with Gasteiger partial charge >= 0.3 is 12.1 Å². The molecule has 0 radical (unpaired) electrons. The van der Waals surface area contributed by atoms with E-state index in [1.807, 2.05) is 6.07 Å². The lowest BCUT2D eigenvalue weighted by Crippen LogP contribution is -2.32. The first kappa shape index (κ1) is 30.6. The fourth-order valence-electron chi connectivity index (χ4n) is 6.21. The Balaban J connectivity index is 1.28. The summed E-state index contributed by atoms with van der Waals surface area (Å²) in [5.41, 5.74) is 0.196. The maximum absolute atomic E-state index is 16.7. The van der Waals surface area contributed by atoms with Crippen LogP contribution in [0.25, 0.3) is 32.2 Å². The van der Waals surface area contributed by atoms with Crippen LogP contribution in [-0.2, 0) is 22.7 Å². The minimum atomic E-state index is -0.819. The molecule has 1 atom stereocenters. The molecule has 14 heteroatoms. The Morgan fingerprint density at radius 2 is 2.02 bits per heavy atom. The van der Waals surface area contributed by atoms with Gasteiger partial charge in [0.2, 0.25) is 0 Å². The lowest BCUT2D eigenvalue weighted by Gasteiger charge is -2.22. The van der Waals surface area contributed by atoms with Gasteiger partial charge in [-0.25, -0.2) is 22.9 Å². The van der Waals surface area contributed by atoms with Crippen LogP contribution >= 0.6 is 11.3 Å². The Bertz CT molecular complexity index is 1930. The molecule has 2 aliphatic heterocycles. The third kappa shape index (κ3) is 5.61. The summed E-state index contributed by atoms with van der Waals surface area (Å²) in [5.74, 6) is -1.47. The van der Waals surface area contributed by atoms with Gasteiger partial charge in [-0.2, -0.15) is 10.2 Å². The molecule has 1 aliphatic carbocycles. The second-order valence-corrected chi connectivity index (χ2v) is 14.2. The Morgan fingerprint density at radius 3 is 2.72 bits per heavy atom. The molecular formula is C32H31F3N6O4S. The summed E-state index contributed by atoms with van der Waals surface area (Å²) >= 11 is 0.836. The van der Waals surface area contributed by atoms with Crippen LogP contribution in [0.4, 0.5) is 23.0 Å². The maximum Gasteiger partial charge on any atom is 0.412 e. The minimum Gasteiger partial charge on any atom is -0.463 e. The van der Waals surface area contributed by atoms with Crippen molar-refractivity contribution in [3.8, 4) is 23.3 Å². The number of amides is 1. The number of halogens is 3. The van der Waals surface area contributed by atoms with Gasteiger partial charge in [0, 0.05) is 47.6 Å². The number of benzene rings is 1. The number of pyridine rings is 1. The van der Waals surface area contributed by atoms with Crippen molar-refractivity contribution >= 4 is 43.4 Å². The first-order valence-corrected chi connectivity index (χ1v) is 15.9. The number of carbonyl (C=O) groups is 1. The fraction of sp³-hybridized carbons (Fsp3) is 0.469. The predicted molar refractivity (Wildman–Crippen MR) is 164 cm³/mol. The largest absolute Gasteiger partial charge is 0.463 e. The van der Waals surface area contributed by atoms with Gasteiger partial charge in [-0.3, -0.25) is 15.2 Å². The zero-order valence-electron chi connectivity index (χ0n) is 25.5. The van der Waals surface area contributed by atoms with Gasteiger partial charge in [0.05, 0.1) is 42.0 Å². The number of ether oxygens (including phenoxy) is 3. The molecule has 1 aromatic carbocycles. The van der Waals surface area contributed by atoms with Crippen molar-refractivity contribution in [1.29, 1.82) is 5.26 Å². The summed E-state index contributed by atoms with van der Waals surface area (Å²) in [6, 6.07) is 2.03. The highest BCUT2D eigenvalue weighted by molar-refractivity contribution is 7.23. The molecule has 0 spiro atoms. The molecular weight excluding hydrogens is 621 g/mol. The molecule has 0 unspecified atom stereocenters. The highest BCUT2D eigenvalue weighted by Crippen LogP contribution is 2.48. The van der Waals surface area contributed by atoms with E-state index >= 15 is 8.78 Å². The zero-order valence-corrected chi connectivity index (χ0v) is 26.3. The minimum absolute atomic E-state index is 0.00147. The molecule has 10 nitrogen and oxygen atoms in total. The van der Waals surface area contributed by atoms with E-state index in [1.54, 1.807) is 20.8 Å². The number of aromatic nitrogens is 3. The Labute approximate surface area is 266 Å². The average Bonchev–Trinajstić information content (AvgIpc) is 3.29. The lowest BCUT2D eigenvalue weighted by molar-refractivity contribution is 0.0636. The number of anilines is 1. The van der Waals surface area contributed by atoms with Crippen LogP contribution in [0, 0.1) is 28.4 Å². The molecule has 1 saturated heterocycles. The normalized spacial score (nSPS) is 18.9. The number of fused-ring (bicyclic) bond motifs is 4. The number of nitrogens with one attached hydrogen (secondary N) is 1. The Kier molecular flexibility index (Phi) is 7.53. The average molecular weight is 653 g/mol. The topological polar surface area (TPSA) is 122 Å². The number of alkyl halides is 1. The van der Waals surface area contributed by atoms with Gasteiger partial charge in [-0.15, -0.1) is 11.3 Å². The van der Waals surface area contributed by atoms with Crippen LogP contribution in [0.3, 0.4) is 0 Å². The Hall–Kier alpha value is -4.06. The van der Waals surface area contributed by atoms with Crippen molar-refractivity contribution in [1.82, 2.24) is 19.9 Å². The molecule has 46 heavy (non-hydrogen) atoms. The summed E-state index contributed by atoms with van der Waals surface area (Å²) in [4.78, 5) is 27.8.